The molecule has 3 N–H and O–H groups in total. The number of hydrogen-bond donors (Lipinski definition) is 2. The molecule has 6 heteroatoms. The fourth-order valence-electron chi connectivity index (χ4n) is 2.90. The van der Waals surface area contributed by atoms with E-state index in [1.54, 1.807) is 23.5 Å². The van der Waals surface area contributed by atoms with Gasteiger partial charge in [0.05, 0.1) is 6.04 Å². The molecule has 1 amide bonds. The topological polar surface area (TPSA) is 45.7 Å². The van der Waals surface area contributed by atoms with Gasteiger partial charge in [0.2, 0.25) is 0 Å². The average molecular weight is 404 g/mol. The molecule has 140 valence electrons. The van der Waals surface area contributed by atoms with Gasteiger partial charge in [0, 0.05) is 15.5 Å². The third kappa shape index (κ3) is 5.16. The lowest BCUT2D eigenvalue weighted by Gasteiger charge is -2.19. The number of hydrogen-bond acceptors (Lipinski definition) is 2. The van der Waals surface area contributed by atoms with Crippen LogP contribution in [0, 0.1) is 5.82 Å². The molecule has 0 saturated carbocycles. The summed E-state index contributed by atoms with van der Waals surface area (Å²) in [5, 5.41) is 7.67. The Kier molecular flexibility index (Phi) is 6.61. The van der Waals surface area contributed by atoms with Gasteiger partial charge in [-0.1, -0.05) is 48.0 Å². The zero-order chi connectivity index (χ0) is 19.2. The maximum atomic E-state index is 13.3. The molecule has 2 atom stereocenters. The number of nitrogens with two attached hydrogens (primary N) is 1. The molecule has 0 aliphatic heterocycles. The van der Waals surface area contributed by atoms with E-state index in [-0.39, 0.29) is 30.4 Å². The Morgan fingerprint density at radius 2 is 1.89 bits per heavy atom. The van der Waals surface area contributed by atoms with Crippen molar-refractivity contribution in [3.63, 3.8) is 0 Å². The summed E-state index contributed by atoms with van der Waals surface area (Å²) < 4.78 is 13.3. The quantitative estimate of drug-likeness (QED) is 0.613. The second kappa shape index (κ2) is 9.13. The first-order valence-electron chi connectivity index (χ1n) is 8.70. The third-order valence-corrected chi connectivity index (χ3v) is 5.67. The Morgan fingerprint density at radius 1 is 1.15 bits per heavy atom. The molecule has 2 aromatic carbocycles. The molecule has 27 heavy (non-hydrogen) atoms. The van der Waals surface area contributed by atoms with Crippen LogP contribution >= 0.6 is 22.9 Å². The molecule has 3 aromatic rings. The highest BCUT2D eigenvalue weighted by molar-refractivity contribution is 7.10. The SMILES string of the molecule is C[C@H]([NH2+]CC(=O)N[C@H](c1ccc(F)cc1)c1cccs1)c1ccccc1Cl. The molecular formula is C21H21ClFN2OS+. The smallest absolute Gasteiger partial charge is 0.275 e. The highest BCUT2D eigenvalue weighted by Crippen LogP contribution is 2.26. The first-order chi connectivity index (χ1) is 13.0. The van der Waals surface area contributed by atoms with Crippen molar-refractivity contribution in [3.05, 3.63) is 92.9 Å². The van der Waals surface area contributed by atoms with Crippen LogP contribution in [0.5, 0.6) is 0 Å². The zero-order valence-corrected chi connectivity index (χ0v) is 16.4. The minimum Gasteiger partial charge on any atom is -0.339 e. The van der Waals surface area contributed by atoms with Crippen LogP contribution in [0.15, 0.2) is 66.0 Å². The standard InChI is InChI=1S/C21H20ClFN2OS/c1-14(17-5-2-3-6-18(17)22)24-13-20(26)25-21(19-7-4-12-27-19)15-8-10-16(23)11-9-15/h2-12,14,21,24H,13H2,1H3,(H,25,26)/p+1/t14-,21+/m0/s1. The van der Waals surface area contributed by atoms with Crippen molar-refractivity contribution < 1.29 is 14.5 Å². The van der Waals surface area contributed by atoms with E-state index in [0.717, 1.165) is 16.0 Å². The van der Waals surface area contributed by atoms with Crippen LogP contribution in [-0.4, -0.2) is 12.5 Å². The second-order valence-corrected chi connectivity index (χ2v) is 7.70. The molecule has 0 radical (unpaired) electrons. The molecule has 0 aliphatic carbocycles. The van der Waals surface area contributed by atoms with Gasteiger partial charge in [0.25, 0.3) is 5.91 Å². The van der Waals surface area contributed by atoms with E-state index in [1.165, 1.54) is 12.1 Å². The normalized spacial score (nSPS) is 13.1. The van der Waals surface area contributed by atoms with E-state index in [2.05, 4.69) is 5.32 Å². The van der Waals surface area contributed by atoms with Gasteiger partial charge in [0.1, 0.15) is 11.9 Å². The van der Waals surface area contributed by atoms with Gasteiger partial charge in [-0.3, -0.25) is 4.79 Å². The molecule has 0 bridgehead atoms. The number of carbonyl (C=O) groups excluding carboxylic acids is 1. The van der Waals surface area contributed by atoms with E-state index >= 15 is 0 Å². The molecule has 0 aliphatic rings. The molecule has 0 saturated heterocycles. The fourth-order valence-corrected chi connectivity index (χ4v) is 4.01. The summed E-state index contributed by atoms with van der Waals surface area (Å²) in [6, 6.07) is 17.6. The highest BCUT2D eigenvalue weighted by Gasteiger charge is 2.20. The van der Waals surface area contributed by atoms with Gasteiger partial charge in [-0.05, 0) is 42.1 Å². The summed E-state index contributed by atoms with van der Waals surface area (Å²) in [6.45, 7) is 2.29. The predicted octanol–water partition coefficient (Wildman–Crippen LogP) is 4.07. The number of nitrogens with one attached hydrogen (secondary N) is 1. The Hall–Kier alpha value is -2.21. The molecule has 0 spiro atoms. The van der Waals surface area contributed by atoms with Gasteiger partial charge in [-0.2, -0.15) is 0 Å². The molecule has 3 rings (SSSR count). The molecule has 3 nitrogen and oxygen atoms in total. The van der Waals surface area contributed by atoms with Crippen molar-refractivity contribution in [3.8, 4) is 0 Å². The maximum absolute atomic E-state index is 13.3. The maximum Gasteiger partial charge on any atom is 0.275 e. The van der Waals surface area contributed by atoms with Gasteiger partial charge in [-0.25, -0.2) is 4.39 Å². The van der Waals surface area contributed by atoms with Crippen molar-refractivity contribution in [2.75, 3.05) is 6.54 Å². The van der Waals surface area contributed by atoms with E-state index in [1.807, 2.05) is 54.0 Å². The Balaban J connectivity index is 1.66. The van der Waals surface area contributed by atoms with E-state index in [9.17, 15) is 9.18 Å². The molecule has 1 heterocycles. The van der Waals surface area contributed by atoms with Crippen LogP contribution in [0.2, 0.25) is 5.02 Å². The minimum absolute atomic E-state index is 0.0652. The van der Waals surface area contributed by atoms with Crippen LogP contribution in [0.25, 0.3) is 0 Å². The number of rotatable bonds is 7. The van der Waals surface area contributed by atoms with E-state index in [4.69, 9.17) is 11.6 Å². The molecule has 1 aromatic heterocycles. The van der Waals surface area contributed by atoms with Crippen LogP contribution < -0.4 is 10.6 Å². The Bertz CT molecular complexity index is 883. The highest BCUT2D eigenvalue weighted by atomic mass is 35.5. The lowest BCUT2D eigenvalue weighted by Crippen LogP contribution is -2.87. The van der Waals surface area contributed by atoms with Gasteiger partial charge in [0.15, 0.2) is 6.54 Å². The number of halogens is 2. The summed E-state index contributed by atoms with van der Waals surface area (Å²) in [6.07, 6.45) is 0. The van der Waals surface area contributed by atoms with Crippen molar-refractivity contribution in [2.45, 2.75) is 19.0 Å². The Labute approximate surface area is 167 Å². The summed E-state index contributed by atoms with van der Waals surface area (Å²) >= 11 is 7.79. The number of benzene rings is 2. The monoisotopic (exact) mass is 403 g/mol. The summed E-state index contributed by atoms with van der Waals surface area (Å²) in [5.41, 5.74) is 1.85. The predicted molar refractivity (Wildman–Crippen MR) is 107 cm³/mol. The van der Waals surface area contributed by atoms with Crippen molar-refractivity contribution in [1.82, 2.24) is 5.32 Å². The van der Waals surface area contributed by atoms with Crippen LogP contribution in [-0.2, 0) is 4.79 Å². The van der Waals surface area contributed by atoms with Crippen molar-refractivity contribution in [2.24, 2.45) is 0 Å². The van der Waals surface area contributed by atoms with Crippen LogP contribution in [0.1, 0.15) is 35.0 Å². The zero-order valence-electron chi connectivity index (χ0n) is 14.9. The van der Waals surface area contributed by atoms with Gasteiger partial charge >= 0.3 is 0 Å². The number of quaternary nitrogens is 1. The lowest BCUT2D eigenvalue weighted by molar-refractivity contribution is -0.682. The van der Waals surface area contributed by atoms with E-state index in [0.29, 0.717) is 5.02 Å². The summed E-state index contributed by atoms with van der Waals surface area (Å²) in [7, 11) is 0. The number of thiophene rings is 1. The second-order valence-electron chi connectivity index (χ2n) is 6.32. The van der Waals surface area contributed by atoms with E-state index < -0.39 is 0 Å². The average Bonchev–Trinajstić information content (AvgIpc) is 3.20. The lowest BCUT2D eigenvalue weighted by atomic mass is 10.1. The fraction of sp³-hybridized carbons (Fsp3) is 0.190. The minimum atomic E-state index is -0.295. The number of carbonyl (C=O) groups is 1. The first-order valence-corrected chi connectivity index (χ1v) is 9.96. The largest absolute Gasteiger partial charge is 0.339 e. The van der Waals surface area contributed by atoms with Gasteiger partial charge < -0.3 is 10.6 Å². The third-order valence-electron chi connectivity index (χ3n) is 4.39. The summed E-state index contributed by atoms with van der Waals surface area (Å²) in [4.78, 5) is 13.6. The van der Waals surface area contributed by atoms with Crippen LogP contribution in [0.4, 0.5) is 4.39 Å². The Morgan fingerprint density at radius 3 is 2.56 bits per heavy atom. The van der Waals surface area contributed by atoms with Crippen molar-refractivity contribution >= 4 is 28.8 Å². The number of amides is 1. The molecule has 0 fully saturated rings. The first kappa shape index (κ1) is 19.5. The molecular weight excluding hydrogens is 383 g/mol. The summed E-state index contributed by atoms with van der Waals surface area (Å²) in [5.74, 6) is -0.381. The van der Waals surface area contributed by atoms with Crippen LogP contribution in [0.3, 0.4) is 0 Å². The molecule has 0 unspecified atom stereocenters. The van der Waals surface area contributed by atoms with Crippen molar-refractivity contribution in [1.29, 1.82) is 0 Å². The van der Waals surface area contributed by atoms with Gasteiger partial charge in [-0.15, -0.1) is 11.3 Å².